The Bertz CT molecular complexity index is 414. The molecule has 148 valence electrons. The Balaban J connectivity index is 0.00000312. The van der Waals surface area contributed by atoms with Crippen molar-refractivity contribution in [1.29, 1.82) is 0 Å². The maximum Gasteiger partial charge on any atom is 0.391 e. The smallest absolute Gasteiger partial charge is 0.391 e. The van der Waals surface area contributed by atoms with E-state index in [0.29, 0.717) is 24.8 Å². The standard InChI is InChI=1S/C17H30F3N3O.HI/c1-21-16(22-11-15(24)12-6-3-2-4-7-12)23-14-9-5-8-13(10-14)17(18,19)20;/h12-15,24H,2-11H2,1H3,(H2,21,22,23);1H. The molecule has 0 aromatic carbocycles. The SMILES string of the molecule is CN=C(NCC(O)C1CCCCC1)NC1CCCC(C(F)(F)F)C1.I. The molecule has 0 spiro atoms. The lowest BCUT2D eigenvalue weighted by Gasteiger charge is -2.32. The van der Waals surface area contributed by atoms with Crippen LogP contribution in [0.3, 0.4) is 0 Å². The van der Waals surface area contributed by atoms with Crippen molar-refractivity contribution in [1.82, 2.24) is 10.6 Å². The molecule has 25 heavy (non-hydrogen) atoms. The number of nitrogens with zero attached hydrogens (tertiary/aromatic N) is 1. The van der Waals surface area contributed by atoms with Crippen LogP contribution in [0, 0.1) is 11.8 Å². The van der Waals surface area contributed by atoms with E-state index in [1.54, 1.807) is 7.05 Å². The first kappa shape index (κ1) is 22.8. The molecule has 0 aromatic rings. The molecule has 2 aliphatic rings. The highest BCUT2D eigenvalue weighted by molar-refractivity contribution is 14.0. The molecular weight excluding hydrogens is 446 g/mol. The topological polar surface area (TPSA) is 56.7 Å². The molecule has 0 aromatic heterocycles. The van der Waals surface area contributed by atoms with Gasteiger partial charge < -0.3 is 15.7 Å². The van der Waals surface area contributed by atoms with Crippen LogP contribution in [0.5, 0.6) is 0 Å². The van der Waals surface area contributed by atoms with Gasteiger partial charge in [-0.3, -0.25) is 4.99 Å². The van der Waals surface area contributed by atoms with Gasteiger partial charge in [-0.2, -0.15) is 13.2 Å². The maximum absolute atomic E-state index is 12.9. The average molecular weight is 477 g/mol. The Morgan fingerprint density at radius 1 is 1.12 bits per heavy atom. The van der Waals surface area contributed by atoms with Crippen molar-refractivity contribution in [3.63, 3.8) is 0 Å². The van der Waals surface area contributed by atoms with Crippen molar-refractivity contribution in [2.45, 2.75) is 76.1 Å². The van der Waals surface area contributed by atoms with Crippen molar-refractivity contribution in [3.8, 4) is 0 Å². The zero-order valence-electron chi connectivity index (χ0n) is 14.8. The second-order valence-corrected chi connectivity index (χ2v) is 7.16. The number of rotatable bonds is 4. The largest absolute Gasteiger partial charge is 0.391 e. The van der Waals surface area contributed by atoms with Gasteiger partial charge in [0.15, 0.2) is 5.96 Å². The van der Waals surface area contributed by atoms with Crippen molar-refractivity contribution < 1.29 is 18.3 Å². The number of hydrogen-bond acceptors (Lipinski definition) is 2. The van der Waals surface area contributed by atoms with Gasteiger partial charge in [0, 0.05) is 19.6 Å². The third-order valence-electron chi connectivity index (χ3n) is 5.37. The van der Waals surface area contributed by atoms with Gasteiger partial charge in [0.2, 0.25) is 0 Å². The third-order valence-corrected chi connectivity index (χ3v) is 5.37. The van der Waals surface area contributed by atoms with E-state index < -0.39 is 18.2 Å². The first-order valence-electron chi connectivity index (χ1n) is 9.12. The number of alkyl halides is 3. The Labute approximate surface area is 165 Å². The molecule has 2 saturated carbocycles. The normalized spacial score (nSPS) is 27.3. The number of halogens is 4. The molecule has 2 rings (SSSR count). The number of aliphatic hydroxyl groups excluding tert-OH is 1. The molecule has 8 heteroatoms. The highest BCUT2D eigenvalue weighted by Gasteiger charge is 2.42. The second kappa shape index (κ2) is 10.8. The van der Waals surface area contributed by atoms with Gasteiger partial charge in [-0.15, -0.1) is 24.0 Å². The van der Waals surface area contributed by atoms with Crippen molar-refractivity contribution in [2.75, 3.05) is 13.6 Å². The lowest BCUT2D eigenvalue weighted by atomic mass is 9.85. The summed E-state index contributed by atoms with van der Waals surface area (Å²) in [5.74, 6) is -0.430. The number of hydrogen-bond donors (Lipinski definition) is 3. The summed E-state index contributed by atoms with van der Waals surface area (Å²) in [6, 6.07) is -0.219. The predicted octanol–water partition coefficient (Wildman–Crippen LogP) is 3.83. The minimum Gasteiger partial charge on any atom is -0.391 e. The van der Waals surface area contributed by atoms with Crippen molar-refractivity contribution in [3.05, 3.63) is 0 Å². The molecule has 2 aliphatic carbocycles. The quantitative estimate of drug-likeness (QED) is 0.328. The van der Waals surface area contributed by atoms with E-state index in [-0.39, 0.29) is 42.9 Å². The van der Waals surface area contributed by atoms with Crippen LogP contribution >= 0.6 is 24.0 Å². The zero-order valence-corrected chi connectivity index (χ0v) is 17.1. The van der Waals surface area contributed by atoms with Gasteiger partial charge in [-0.05, 0) is 38.0 Å². The van der Waals surface area contributed by atoms with Crippen LogP contribution in [-0.2, 0) is 0 Å². The van der Waals surface area contributed by atoms with Crippen LogP contribution in [0.4, 0.5) is 13.2 Å². The van der Waals surface area contributed by atoms with E-state index >= 15 is 0 Å². The van der Waals surface area contributed by atoms with E-state index in [9.17, 15) is 18.3 Å². The van der Waals surface area contributed by atoms with Gasteiger partial charge in [0.05, 0.1) is 12.0 Å². The molecule has 4 nitrogen and oxygen atoms in total. The second-order valence-electron chi connectivity index (χ2n) is 7.16. The molecular formula is C17H31F3IN3O. The molecule has 3 atom stereocenters. The monoisotopic (exact) mass is 477 g/mol. The number of aliphatic hydroxyl groups is 1. The summed E-state index contributed by atoms with van der Waals surface area (Å²) < 4.78 is 38.7. The van der Waals surface area contributed by atoms with Crippen LogP contribution in [-0.4, -0.2) is 43.0 Å². The summed E-state index contributed by atoms with van der Waals surface area (Å²) in [5.41, 5.74) is 0. The summed E-state index contributed by atoms with van der Waals surface area (Å²) in [6.45, 7) is 0.389. The minimum atomic E-state index is -4.12. The zero-order chi connectivity index (χ0) is 17.6. The van der Waals surface area contributed by atoms with Gasteiger partial charge in [0.25, 0.3) is 0 Å². The van der Waals surface area contributed by atoms with Gasteiger partial charge in [-0.25, -0.2) is 0 Å². The third kappa shape index (κ3) is 7.48. The molecule has 0 bridgehead atoms. The molecule has 3 N–H and O–H groups in total. The van der Waals surface area contributed by atoms with Crippen LogP contribution in [0.1, 0.15) is 57.8 Å². The number of nitrogens with one attached hydrogen (secondary N) is 2. The van der Waals surface area contributed by atoms with E-state index in [1.165, 1.54) is 6.42 Å². The average Bonchev–Trinajstić information content (AvgIpc) is 2.58. The molecule has 0 aliphatic heterocycles. The van der Waals surface area contributed by atoms with Gasteiger partial charge >= 0.3 is 6.18 Å². The number of aliphatic imine (C=N–C) groups is 1. The maximum atomic E-state index is 12.9. The first-order chi connectivity index (χ1) is 11.4. The van der Waals surface area contributed by atoms with Crippen molar-refractivity contribution >= 4 is 29.9 Å². The summed E-state index contributed by atoms with van der Waals surface area (Å²) in [4.78, 5) is 4.09. The number of guanidine groups is 1. The molecule has 0 saturated heterocycles. The highest BCUT2D eigenvalue weighted by Crippen LogP contribution is 2.37. The first-order valence-corrected chi connectivity index (χ1v) is 9.12. The van der Waals surface area contributed by atoms with E-state index in [0.717, 1.165) is 32.1 Å². The minimum absolute atomic E-state index is 0. The highest BCUT2D eigenvalue weighted by atomic mass is 127. The summed E-state index contributed by atoms with van der Waals surface area (Å²) in [7, 11) is 1.60. The summed E-state index contributed by atoms with van der Waals surface area (Å²) >= 11 is 0. The molecule has 3 unspecified atom stereocenters. The van der Waals surface area contributed by atoms with Crippen LogP contribution < -0.4 is 10.6 Å². The van der Waals surface area contributed by atoms with Crippen LogP contribution in [0.15, 0.2) is 4.99 Å². The summed E-state index contributed by atoms with van der Waals surface area (Å²) in [6.07, 6.45) is 2.71. The lowest BCUT2D eigenvalue weighted by molar-refractivity contribution is -0.183. The Morgan fingerprint density at radius 2 is 1.80 bits per heavy atom. The Morgan fingerprint density at radius 3 is 2.40 bits per heavy atom. The molecule has 0 amide bonds. The van der Waals surface area contributed by atoms with E-state index in [1.807, 2.05) is 0 Å². The fourth-order valence-electron chi connectivity index (χ4n) is 3.89. The van der Waals surface area contributed by atoms with Gasteiger partial charge in [-0.1, -0.05) is 25.7 Å². The molecule has 0 radical (unpaired) electrons. The lowest BCUT2D eigenvalue weighted by Crippen LogP contribution is -2.49. The molecule has 0 heterocycles. The Kier molecular flexibility index (Phi) is 9.84. The predicted molar refractivity (Wildman–Crippen MR) is 104 cm³/mol. The van der Waals surface area contributed by atoms with Gasteiger partial charge in [0.1, 0.15) is 0 Å². The van der Waals surface area contributed by atoms with Crippen LogP contribution in [0.25, 0.3) is 0 Å². The van der Waals surface area contributed by atoms with E-state index in [4.69, 9.17) is 0 Å². The fraction of sp³-hybridized carbons (Fsp3) is 0.941. The fourth-order valence-corrected chi connectivity index (χ4v) is 3.89. The Hall–Kier alpha value is -0.250. The van der Waals surface area contributed by atoms with Crippen LogP contribution in [0.2, 0.25) is 0 Å². The van der Waals surface area contributed by atoms with E-state index in [2.05, 4.69) is 15.6 Å². The summed E-state index contributed by atoms with van der Waals surface area (Å²) in [5, 5.41) is 16.4. The molecule has 2 fully saturated rings. The van der Waals surface area contributed by atoms with Crippen molar-refractivity contribution in [2.24, 2.45) is 16.8 Å².